The third-order valence-corrected chi connectivity index (χ3v) is 0.693. The Morgan fingerprint density at radius 3 is 2.14 bits per heavy atom. The van der Waals surface area contributed by atoms with E-state index in [1.165, 1.54) is 0 Å². The van der Waals surface area contributed by atoms with Crippen LogP contribution in [0.5, 0.6) is 0 Å². The molecule has 0 aromatic heterocycles. The predicted octanol–water partition coefficient (Wildman–Crippen LogP) is -0.686. The van der Waals surface area contributed by atoms with Crippen molar-refractivity contribution in [3.63, 3.8) is 0 Å². The van der Waals surface area contributed by atoms with Crippen LogP contribution < -0.4 is 11.5 Å². The van der Waals surface area contributed by atoms with Crippen molar-refractivity contribution in [1.82, 2.24) is 0 Å². The summed E-state index contributed by atoms with van der Waals surface area (Å²) in [7, 11) is 0. The highest BCUT2D eigenvalue weighted by Crippen LogP contribution is 1.73. The van der Waals surface area contributed by atoms with Gasteiger partial charge in [-0.15, -0.1) is 0 Å². The fraction of sp³-hybridized carbons (Fsp3) is 0.750. The van der Waals surface area contributed by atoms with E-state index in [2.05, 4.69) is 0 Å². The standard InChI is InChI=1S/C4H11N3/c5-2-1-4(7)3-6/h7H,1-3,5-6H2. The highest BCUT2D eigenvalue weighted by molar-refractivity contribution is 5.83. The predicted molar refractivity (Wildman–Crippen MR) is 30.5 cm³/mol. The second-order valence-electron chi connectivity index (χ2n) is 1.35. The summed E-state index contributed by atoms with van der Waals surface area (Å²) in [6.45, 7) is 0.882. The van der Waals surface area contributed by atoms with Gasteiger partial charge in [-0.25, -0.2) is 0 Å². The summed E-state index contributed by atoms with van der Waals surface area (Å²) in [6.07, 6.45) is 0.635. The van der Waals surface area contributed by atoms with E-state index in [4.69, 9.17) is 16.9 Å². The SMILES string of the molecule is N=C(CN)CCN. The van der Waals surface area contributed by atoms with E-state index in [1.807, 2.05) is 0 Å². The maximum absolute atomic E-state index is 6.93. The summed E-state index contributed by atoms with van der Waals surface area (Å²) >= 11 is 0. The monoisotopic (exact) mass is 101 g/mol. The van der Waals surface area contributed by atoms with Crippen molar-refractivity contribution in [3.05, 3.63) is 0 Å². The van der Waals surface area contributed by atoms with Crippen LogP contribution in [0.4, 0.5) is 0 Å². The average molecular weight is 101 g/mol. The Bertz CT molecular complexity index is 60.0. The lowest BCUT2D eigenvalue weighted by Crippen LogP contribution is -2.16. The van der Waals surface area contributed by atoms with Gasteiger partial charge in [-0.3, -0.25) is 0 Å². The van der Waals surface area contributed by atoms with E-state index in [-0.39, 0.29) is 0 Å². The molecule has 0 saturated carbocycles. The van der Waals surface area contributed by atoms with Crippen molar-refractivity contribution in [2.45, 2.75) is 6.42 Å². The van der Waals surface area contributed by atoms with Gasteiger partial charge < -0.3 is 16.9 Å². The zero-order chi connectivity index (χ0) is 5.70. The normalized spacial score (nSPS) is 8.86. The second-order valence-corrected chi connectivity index (χ2v) is 1.35. The van der Waals surface area contributed by atoms with Crippen LogP contribution in [0, 0.1) is 5.41 Å². The first-order valence-corrected chi connectivity index (χ1v) is 2.27. The van der Waals surface area contributed by atoms with Gasteiger partial charge in [0.15, 0.2) is 0 Å². The average Bonchev–Trinajstić information content (AvgIpc) is 1.68. The summed E-state index contributed by atoms with van der Waals surface area (Å²) in [5.74, 6) is 0. The molecule has 0 rings (SSSR count). The maximum atomic E-state index is 6.93. The van der Waals surface area contributed by atoms with Crippen LogP contribution in [0.25, 0.3) is 0 Å². The number of nitrogens with one attached hydrogen (secondary N) is 1. The molecule has 0 fully saturated rings. The molecule has 0 saturated heterocycles. The van der Waals surface area contributed by atoms with Crippen molar-refractivity contribution < 1.29 is 0 Å². The molecule has 0 unspecified atom stereocenters. The molecule has 0 aromatic carbocycles. The van der Waals surface area contributed by atoms with Gasteiger partial charge >= 0.3 is 0 Å². The first kappa shape index (κ1) is 6.59. The number of nitrogens with two attached hydrogens (primary N) is 2. The van der Waals surface area contributed by atoms with Crippen LogP contribution in [0.1, 0.15) is 6.42 Å². The van der Waals surface area contributed by atoms with Crippen molar-refractivity contribution in [2.24, 2.45) is 11.5 Å². The van der Waals surface area contributed by atoms with Crippen LogP contribution in [0.3, 0.4) is 0 Å². The Balaban J connectivity index is 3.00. The van der Waals surface area contributed by atoms with Gasteiger partial charge in [0.25, 0.3) is 0 Å². The van der Waals surface area contributed by atoms with Crippen molar-refractivity contribution in [1.29, 1.82) is 5.41 Å². The Kier molecular flexibility index (Phi) is 3.55. The summed E-state index contributed by atoms with van der Waals surface area (Å²) in [5.41, 5.74) is 10.7. The Hall–Kier alpha value is -0.410. The maximum Gasteiger partial charge on any atom is 0.0307 e. The summed E-state index contributed by atoms with van der Waals surface area (Å²) in [6, 6.07) is 0. The number of hydrogen-bond donors (Lipinski definition) is 3. The van der Waals surface area contributed by atoms with Gasteiger partial charge in [-0.1, -0.05) is 0 Å². The van der Waals surface area contributed by atoms with Crippen molar-refractivity contribution >= 4 is 5.71 Å². The quantitative estimate of drug-likeness (QED) is 0.412. The molecule has 0 atom stereocenters. The molecule has 3 nitrogen and oxygen atoms in total. The van der Waals surface area contributed by atoms with Gasteiger partial charge in [0, 0.05) is 12.3 Å². The Morgan fingerprint density at radius 2 is 2.00 bits per heavy atom. The molecular formula is C4H11N3. The van der Waals surface area contributed by atoms with E-state index in [0.29, 0.717) is 25.2 Å². The molecule has 0 aliphatic carbocycles. The van der Waals surface area contributed by atoms with Gasteiger partial charge in [0.05, 0.1) is 0 Å². The van der Waals surface area contributed by atoms with Crippen molar-refractivity contribution in [3.8, 4) is 0 Å². The smallest absolute Gasteiger partial charge is 0.0307 e. The van der Waals surface area contributed by atoms with E-state index in [0.717, 1.165) is 0 Å². The first-order valence-electron chi connectivity index (χ1n) is 2.27. The molecule has 5 N–H and O–H groups in total. The topological polar surface area (TPSA) is 75.9 Å². The molecule has 0 heterocycles. The highest BCUT2D eigenvalue weighted by atomic mass is 14.6. The summed E-state index contributed by atoms with van der Waals surface area (Å²) in [5, 5.41) is 6.93. The van der Waals surface area contributed by atoms with E-state index >= 15 is 0 Å². The molecule has 0 amide bonds. The molecule has 3 heteroatoms. The summed E-state index contributed by atoms with van der Waals surface area (Å²) in [4.78, 5) is 0. The fourth-order valence-electron chi connectivity index (χ4n) is 0.276. The van der Waals surface area contributed by atoms with Crippen LogP contribution in [0.2, 0.25) is 0 Å². The van der Waals surface area contributed by atoms with Gasteiger partial charge in [-0.05, 0) is 13.0 Å². The molecule has 42 valence electrons. The lowest BCUT2D eigenvalue weighted by Gasteiger charge is -1.92. The van der Waals surface area contributed by atoms with Gasteiger partial charge in [-0.2, -0.15) is 0 Å². The van der Waals surface area contributed by atoms with E-state index < -0.39 is 0 Å². The Labute approximate surface area is 43.2 Å². The molecule has 0 radical (unpaired) electrons. The minimum atomic E-state index is 0.344. The highest BCUT2D eigenvalue weighted by Gasteiger charge is 1.86. The molecule has 0 aromatic rings. The minimum absolute atomic E-state index is 0.344. The molecule has 0 bridgehead atoms. The molecule has 0 aliphatic heterocycles. The van der Waals surface area contributed by atoms with E-state index in [1.54, 1.807) is 0 Å². The third kappa shape index (κ3) is 3.42. The molecular weight excluding hydrogens is 90.1 g/mol. The summed E-state index contributed by atoms with van der Waals surface area (Å²) < 4.78 is 0. The largest absolute Gasteiger partial charge is 0.330 e. The molecule has 0 spiro atoms. The first-order chi connectivity index (χ1) is 3.31. The van der Waals surface area contributed by atoms with Crippen molar-refractivity contribution in [2.75, 3.05) is 13.1 Å². The van der Waals surface area contributed by atoms with Gasteiger partial charge in [0.2, 0.25) is 0 Å². The molecule has 7 heavy (non-hydrogen) atoms. The number of hydrogen-bond acceptors (Lipinski definition) is 3. The third-order valence-electron chi connectivity index (χ3n) is 0.693. The lowest BCUT2D eigenvalue weighted by molar-refractivity contribution is 1.01. The van der Waals surface area contributed by atoms with E-state index in [9.17, 15) is 0 Å². The minimum Gasteiger partial charge on any atom is -0.330 e. The van der Waals surface area contributed by atoms with Gasteiger partial charge in [0.1, 0.15) is 0 Å². The zero-order valence-electron chi connectivity index (χ0n) is 4.28. The fourth-order valence-corrected chi connectivity index (χ4v) is 0.276. The number of rotatable bonds is 3. The lowest BCUT2D eigenvalue weighted by atomic mass is 10.3. The van der Waals surface area contributed by atoms with Crippen LogP contribution in [0.15, 0.2) is 0 Å². The van der Waals surface area contributed by atoms with Crippen LogP contribution in [-0.4, -0.2) is 18.8 Å². The second kappa shape index (κ2) is 3.77. The molecule has 0 aliphatic rings. The van der Waals surface area contributed by atoms with Crippen LogP contribution in [-0.2, 0) is 0 Å². The zero-order valence-corrected chi connectivity index (χ0v) is 4.28. The van der Waals surface area contributed by atoms with Crippen LogP contribution >= 0.6 is 0 Å². The Morgan fingerprint density at radius 1 is 1.43 bits per heavy atom.